The topological polar surface area (TPSA) is 74.5 Å². The Morgan fingerprint density at radius 1 is 1.10 bits per heavy atom. The predicted molar refractivity (Wildman–Crippen MR) is 109 cm³/mol. The van der Waals surface area contributed by atoms with Crippen molar-refractivity contribution >= 4 is 22.9 Å². The zero-order chi connectivity index (χ0) is 20.1. The largest absolute Gasteiger partial charge is 0.497 e. The summed E-state index contributed by atoms with van der Waals surface area (Å²) < 4.78 is 15.6. The minimum Gasteiger partial charge on any atom is -0.497 e. The molecule has 144 valence electrons. The molecule has 6 heteroatoms. The van der Waals surface area contributed by atoms with E-state index < -0.39 is 5.97 Å². The molecule has 2 aromatic carbocycles. The summed E-state index contributed by atoms with van der Waals surface area (Å²) >= 11 is 0. The van der Waals surface area contributed by atoms with Crippen LogP contribution in [0.15, 0.2) is 77.5 Å². The van der Waals surface area contributed by atoms with Crippen LogP contribution < -0.4 is 4.74 Å². The molecule has 0 N–H and O–H groups in total. The summed E-state index contributed by atoms with van der Waals surface area (Å²) in [5.41, 5.74) is 3.23. The number of carbonyl (C=O) groups is 1. The molecule has 0 atom stereocenters. The molecule has 2 heterocycles. The number of fused-ring (bicyclic) bond motifs is 1. The Morgan fingerprint density at radius 3 is 2.76 bits per heavy atom. The third kappa shape index (κ3) is 4.32. The second-order valence-corrected chi connectivity index (χ2v) is 6.27. The van der Waals surface area contributed by atoms with E-state index in [4.69, 9.17) is 14.0 Å². The molecule has 6 nitrogen and oxygen atoms in total. The van der Waals surface area contributed by atoms with Gasteiger partial charge in [-0.1, -0.05) is 29.4 Å². The Labute approximate surface area is 167 Å². The maximum atomic E-state index is 12.1. The molecule has 4 rings (SSSR count). The van der Waals surface area contributed by atoms with Crippen LogP contribution in [0.5, 0.6) is 5.75 Å². The molecule has 0 saturated heterocycles. The molecule has 0 unspecified atom stereocenters. The molecule has 0 spiro atoms. The highest BCUT2D eigenvalue weighted by Gasteiger charge is 2.09. The molecular weight excluding hydrogens is 368 g/mol. The lowest BCUT2D eigenvalue weighted by molar-refractivity contribution is -0.139. The number of benzene rings is 2. The van der Waals surface area contributed by atoms with E-state index in [1.54, 1.807) is 25.4 Å². The fourth-order valence-electron chi connectivity index (χ4n) is 2.89. The number of aromatic nitrogens is 2. The lowest BCUT2D eigenvalue weighted by Gasteiger charge is -2.01. The van der Waals surface area contributed by atoms with Gasteiger partial charge >= 0.3 is 5.97 Å². The van der Waals surface area contributed by atoms with Crippen molar-refractivity contribution in [2.24, 2.45) is 0 Å². The van der Waals surface area contributed by atoms with Gasteiger partial charge in [0, 0.05) is 34.9 Å². The molecule has 0 fully saturated rings. The number of esters is 1. The van der Waals surface area contributed by atoms with Crippen LogP contribution in [0, 0.1) is 0 Å². The number of para-hydroxylation sites is 1. The molecule has 0 amide bonds. The number of rotatable bonds is 6. The highest BCUT2D eigenvalue weighted by Crippen LogP contribution is 2.22. The molecule has 0 saturated carbocycles. The van der Waals surface area contributed by atoms with Crippen molar-refractivity contribution in [3.05, 3.63) is 84.3 Å². The fourth-order valence-corrected chi connectivity index (χ4v) is 2.89. The number of pyridine rings is 1. The standard InChI is InChI=1S/C23H18N2O4/c1-27-19-10-7-16(8-11-19)21-14-20(29-25-21)15-28-22(26)12-9-18-5-2-4-17-6-3-13-24-23(17)18/h2-14H,15H2,1H3/b12-9+. The minimum absolute atomic E-state index is 0.000114. The number of hydrogen-bond donors (Lipinski definition) is 0. The van der Waals surface area contributed by atoms with E-state index in [9.17, 15) is 4.79 Å². The zero-order valence-electron chi connectivity index (χ0n) is 15.7. The molecule has 0 radical (unpaired) electrons. The molecule has 0 bridgehead atoms. The Morgan fingerprint density at radius 2 is 1.93 bits per heavy atom. The Hall–Kier alpha value is -3.93. The van der Waals surface area contributed by atoms with E-state index in [1.807, 2.05) is 54.6 Å². The maximum Gasteiger partial charge on any atom is 0.331 e. The van der Waals surface area contributed by atoms with Crippen molar-refractivity contribution < 1.29 is 18.8 Å². The van der Waals surface area contributed by atoms with Gasteiger partial charge in [-0.05, 0) is 36.4 Å². The van der Waals surface area contributed by atoms with Crippen LogP contribution in [-0.4, -0.2) is 23.2 Å². The van der Waals surface area contributed by atoms with Crippen LogP contribution >= 0.6 is 0 Å². The first-order valence-electron chi connectivity index (χ1n) is 9.01. The van der Waals surface area contributed by atoms with Gasteiger partial charge in [0.1, 0.15) is 11.4 Å². The van der Waals surface area contributed by atoms with Gasteiger partial charge in [-0.15, -0.1) is 0 Å². The molecular formula is C23H18N2O4. The van der Waals surface area contributed by atoms with E-state index in [0.29, 0.717) is 11.5 Å². The summed E-state index contributed by atoms with van der Waals surface area (Å²) in [5, 5.41) is 5.02. The Balaban J connectivity index is 1.38. The van der Waals surface area contributed by atoms with Crippen LogP contribution in [0.2, 0.25) is 0 Å². The van der Waals surface area contributed by atoms with Crippen LogP contribution in [0.25, 0.3) is 28.2 Å². The van der Waals surface area contributed by atoms with E-state index in [-0.39, 0.29) is 6.61 Å². The van der Waals surface area contributed by atoms with Crippen LogP contribution in [0.4, 0.5) is 0 Å². The lowest BCUT2D eigenvalue weighted by Crippen LogP contribution is -1.99. The third-order valence-electron chi connectivity index (χ3n) is 4.36. The normalized spacial score (nSPS) is 11.1. The third-order valence-corrected chi connectivity index (χ3v) is 4.36. The Bertz CT molecular complexity index is 1160. The predicted octanol–water partition coefficient (Wildman–Crippen LogP) is 4.66. The molecule has 0 aliphatic carbocycles. The van der Waals surface area contributed by atoms with Crippen molar-refractivity contribution in [2.45, 2.75) is 6.61 Å². The number of ether oxygens (including phenoxy) is 2. The zero-order valence-corrected chi connectivity index (χ0v) is 15.7. The molecule has 4 aromatic rings. The highest BCUT2D eigenvalue weighted by atomic mass is 16.5. The fraction of sp³-hybridized carbons (Fsp3) is 0.0870. The van der Waals surface area contributed by atoms with Gasteiger partial charge in [0.15, 0.2) is 12.4 Å². The van der Waals surface area contributed by atoms with Crippen LogP contribution in [0.3, 0.4) is 0 Å². The van der Waals surface area contributed by atoms with Gasteiger partial charge in [-0.25, -0.2) is 4.79 Å². The minimum atomic E-state index is -0.472. The SMILES string of the molecule is COc1ccc(-c2cc(COC(=O)/C=C/c3cccc4cccnc34)on2)cc1. The smallest absolute Gasteiger partial charge is 0.331 e. The first-order chi connectivity index (χ1) is 14.2. The summed E-state index contributed by atoms with van der Waals surface area (Å²) in [5.74, 6) is 0.754. The monoisotopic (exact) mass is 386 g/mol. The number of methoxy groups -OCH3 is 1. The van der Waals surface area contributed by atoms with Crippen molar-refractivity contribution in [1.29, 1.82) is 0 Å². The molecule has 2 aromatic heterocycles. The second-order valence-electron chi connectivity index (χ2n) is 6.27. The van der Waals surface area contributed by atoms with Gasteiger partial charge in [-0.3, -0.25) is 4.98 Å². The van der Waals surface area contributed by atoms with Crippen molar-refractivity contribution in [1.82, 2.24) is 10.1 Å². The van der Waals surface area contributed by atoms with Crippen molar-refractivity contribution in [3.63, 3.8) is 0 Å². The van der Waals surface area contributed by atoms with Crippen molar-refractivity contribution in [2.75, 3.05) is 7.11 Å². The summed E-state index contributed by atoms with van der Waals surface area (Å²) in [7, 11) is 1.61. The molecule has 29 heavy (non-hydrogen) atoms. The summed E-state index contributed by atoms with van der Waals surface area (Å²) in [6, 6.07) is 18.8. The first kappa shape index (κ1) is 18.4. The van der Waals surface area contributed by atoms with Gasteiger partial charge in [0.2, 0.25) is 0 Å². The molecule has 0 aliphatic heterocycles. The summed E-state index contributed by atoms with van der Waals surface area (Å²) in [6.45, 7) is 0.000114. The molecule has 0 aliphatic rings. The van der Waals surface area contributed by atoms with Crippen molar-refractivity contribution in [3.8, 4) is 17.0 Å². The summed E-state index contributed by atoms with van der Waals surface area (Å²) in [4.78, 5) is 16.4. The number of nitrogens with zero attached hydrogens (tertiary/aromatic N) is 2. The number of hydrogen-bond acceptors (Lipinski definition) is 6. The average molecular weight is 386 g/mol. The quantitative estimate of drug-likeness (QED) is 0.355. The van der Waals surface area contributed by atoms with Gasteiger partial charge in [0.25, 0.3) is 0 Å². The summed E-state index contributed by atoms with van der Waals surface area (Å²) in [6.07, 6.45) is 4.80. The highest BCUT2D eigenvalue weighted by molar-refractivity contribution is 5.92. The first-order valence-corrected chi connectivity index (χ1v) is 9.01. The second kappa shape index (κ2) is 8.39. The lowest BCUT2D eigenvalue weighted by atomic mass is 10.1. The van der Waals surface area contributed by atoms with E-state index in [2.05, 4.69) is 10.1 Å². The van der Waals surface area contributed by atoms with Crippen LogP contribution in [0.1, 0.15) is 11.3 Å². The Kier molecular flexibility index (Phi) is 5.33. The average Bonchev–Trinajstić information content (AvgIpc) is 3.25. The van der Waals surface area contributed by atoms with E-state index in [1.165, 1.54) is 6.08 Å². The van der Waals surface area contributed by atoms with Crippen LogP contribution in [-0.2, 0) is 16.1 Å². The van der Waals surface area contributed by atoms with Gasteiger partial charge in [-0.2, -0.15) is 0 Å². The number of carbonyl (C=O) groups excluding carboxylic acids is 1. The van der Waals surface area contributed by atoms with E-state index >= 15 is 0 Å². The van der Waals surface area contributed by atoms with Gasteiger partial charge in [0.05, 0.1) is 12.6 Å². The van der Waals surface area contributed by atoms with E-state index in [0.717, 1.165) is 27.8 Å². The van der Waals surface area contributed by atoms with Gasteiger partial charge < -0.3 is 14.0 Å². The maximum absolute atomic E-state index is 12.1.